The molecule has 1 fully saturated rings. The monoisotopic (exact) mass is 194 g/mol. The summed E-state index contributed by atoms with van der Waals surface area (Å²) in [5.41, 5.74) is 0. The molecule has 0 aromatic heterocycles. The number of quaternary nitrogens is 1. The van der Waals surface area contributed by atoms with Crippen molar-refractivity contribution in [3.8, 4) is 0 Å². The van der Waals surface area contributed by atoms with Crippen molar-refractivity contribution in [2.24, 2.45) is 0 Å². The second-order valence-electron chi connectivity index (χ2n) is 4.67. The number of nitrogens with zero attached hydrogens (tertiary/aromatic N) is 1. The van der Waals surface area contributed by atoms with Gasteiger partial charge in [0.1, 0.15) is 0 Å². The summed E-state index contributed by atoms with van der Waals surface area (Å²) in [5, 5.41) is 0. The third-order valence-electron chi connectivity index (χ3n) is 3.94. The van der Waals surface area contributed by atoms with Crippen LogP contribution in [0.4, 0.5) is 0 Å². The molecule has 1 aliphatic rings. The zero-order valence-corrected chi connectivity index (χ0v) is 9.71. The van der Waals surface area contributed by atoms with Gasteiger partial charge in [-0.1, -0.05) is 13.2 Å². The Labute approximate surface area is 88.7 Å². The zero-order chi connectivity index (χ0) is 10.6. The molecule has 1 rings (SSSR count). The van der Waals surface area contributed by atoms with Crippen molar-refractivity contribution in [1.29, 1.82) is 0 Å². The first-order chi connectivity index (χ1) is 6.67. The van der Waals surface area contributed by atoms with Gasteiger partial charge in [-0.3, -0.25) is 0 Å². The zero-order valence-electron chi connectivity index (χ0n) is 9.71. The van der Waals surface area contributed by atoms with Gasteiger partial charge in [0.05, 0.1) is 25.2 Å². The normalized spacial score (nSPS) is 31.0. The van der Waals surface area contributed by atoms with Gasteiger partial charge in [-0.2, -0.15) is 0 Å². The molecule has 0 aromatic carbocycles. The van der Waals surface area contributed by atoms with Crippen molar-refractivity contribution in [3.63, 3.8) is 0 Å². The molecule has 0 spiro atoms. The highest BCUT2D eigenvalue weighted by Gasteiger charge is 2.39. The van der Waals surface area contributed by atoms with E-state index in [4.69, 9.17) is 0 Å². The van der Waals surface area contributed by atoms with E-state index in [0.717, 1.165) is 25.2 Å². The van der Waals surface area contributed by atoms with E-state index < -0.39 is 0 Å². The molecule has 1 aliphatic heterocycles. The number of rotatable bonds is 4. The van der Waals surface area contributed by atoms with Crippen molar-refractivity contribution in [2.45, 2.75) is 45.2 Å². The molecule has 0 saturated carbocycles. The van der Waals surface area contributed by atoms with Gasteiger partial charge in [0.2, 0.25) is 0 Å². The largest absolute Gasteiger partial charge is 0.313 e. The van der Waals surface area contributed by atoms with Crippen molar-refractivity contribution < 1.29 is 4.48 Å². The van der Waals surface area contributed by atoms with Crippen molar-refractivity contribution in [3.05, 3.63) is 25.3 Å². The fourth-order valence-corrected chi connectivity index (χ4v) is 2.93. The lowest BCUT2D eigenvalue weighted by atomic mass is 9.93. The molecule has 1 heterocycles. The average Bonchev–Trinajstić information content (AvgIpc) is 2.15. The van der Waals surface area contributed by atoms with Gasteiger partial charge in [0.15, 0.2) is 0 Å². The maximum absolute atomic E-state index is 3.90. The Morgan fingerprint density at radius 3 is 1.86 bits per heavy atom. The van der Waals surface area contributed by atoms with Crippen LogP contribution in [0.25, 0.3) is 0 Å². The van der Waals surface area contributed by atoms with Gasteiger partial charge in [0.25, 0.3) is 0 Å². The van der Waals surface area contributed by atoms with Gasteiger partial charge in [-0.05, 0) is 45.3 Å². The van der Waals surface area contributed by atoms with Crippen molar-refractivity contribution in [2.75, 3.05) is 13.1 Å². The van der Waals surface area contributed by atoms with Gasteiger partial charge in [-0.15, -0.1) is 0 Å². The van der Waals surface area contributed by atoms with E-state index >= 15 is 0 Å². The van der Waals surface area contributed by atoms with Crippen molar-refractivity contribution >= 4 is 0 Å². The van der Waals surface area contributed by atoms with E-state index in [9.17, 15) is 0 Å². The van der Waals surface area contributed by atoms with E-state index in [2.05, 4.69) is 39.2 Å². The Hall–Kier alpha value is -0.560. The molecule has 1 heteroatoms. The predicted octanol–water partition coefficient (Wildman–Crippen LogP) is 3.14. The molecule has 0 unspecified atom stereocenters. The van der Waals surface area contributed by atoms with E-state index in [0.29, 0.717) is 0 Å². The summed E-state index contributed by atoms with van der Waals surface area (Å²) < 4.78 is 1.17. The number of hydrogen-bond acceptors (Lipinski definition) is 0. The SMILES string of the molecule is C=CC[N+]1(CC=C)[C@H](C)CCC[C@H]1C. The summed E-state index contributed by atoms with van der Waals surface area (Å²) in [6.45, 7) is 14.7. The second kappa shape index (κ2) is 4.79. The molecule has 0 N–H and O–H groups in total. The Kier molecular flexibility index (Phi) is 3.94. The van der Waals surface area contributed by atoms with Crippen LogP contribution in [-0.2, 0) is 0 Å². The minimum Gasteiger partial charge on any atom is -0.313 e. The highest BCUT2D eigenvalue weighted by atomic mass is 15.4. The fourth-order valence-electron chi connectivity index (χ4n) is 2.93. The summed E-state index contributed by atoms with van der Waals surface area (Å²) in [6.07, 6.45) is 8.23. The van der Waals surface area contributed by atoms with Crippen molar-refractivity contribution in [1.82, 2.24) is 0 Å². The summed E-state index contributed by atoms with van der Waals surface area (Å²) in [5.74, 6) is 0. The molecule has 0 aromatic rings. The number of piperidine rings is 1. The Bertz CT molecular complexity index is 185. The van der Waals surface area contributed by atoms with Crippen LogP contribution in [0.3, 0.4) is 0 Å². The minimum atomic E-state index is 0.759. The highest BCUT2D eigenvalue weighted by Crippen LogP contribution is 2.31. The first-order valence-corrected chi connectivity index (χ1v) is 5.75. The molecular weight excluding hydrogens is 170 g/mol. The predicted molar refractivity (Wildman–Crippen MR) is 63.2 cm³/mol. The molecule has 1 nitrogen and oxygen atoms in total. The van der Waals surface area contributed by atoms with Crippen LogP contribution in [0.1, 0.15) is 33.1 Å². The fraction of sp³-hybridized carbons (Fsp3) is 0.692. The van der Waals surface area contributed by atoms with Crippen LogP contribution >= 0.6 is 0 Å². The Morgan fingerprint density at radius 1 is 1.07 bits per heavy atom. The summed E-state index contributed by atoms with van der Waals surface area (Å²) >= 11 is 0. The lowest BCUT2D eigenvalue weighted by Crippen LogP contribution is -2.61. The first kappa shape index (κ1) is 11.5. The average molecular weight is 194 g/mol. The summed E-state index contributed by atoms with van der Waals surface area (Å²) in [6, 6.07) is 1.52. The minimum absolute atomic E-state index is 0.759. The second-order valence-corrected chi connectivity index (χ2v) is 4.67. The van der Waals surface area contributed by atoms with Crippen LogP contribution in [0.15, 0.2) is 25.3 Å². The van der Waals surface area contributed by atoms with Crippen LogP contribution in [0, 0.1) is 0 Å². The van der Waals surface area contributed by atoms with Crippen LogP contribution in [0.5, 0.6) is 0 Å². The number of hydrogen-bond donors (Lipinski definition) is 0. The van der Waals surface area contributed by atoms with Gasteiger partial charge >= 0.3 is 0 Å². The van der Waals surface area contributed by atoms with E-state index in [1.165, 1.54) is 23.7 Å². The lowest BCUT2D eigenvalue weighted by Gasteiger charge is -2.50. The number of likely N-dealkylation sites (tertiary alicyclic amines) is 1. The Balaban J connectivity index is 2.87. The third kappa shape index (κ3) is 1.93. The topological polar surface area (TPSA) is 0 Å². The maximum atomic E-state index is 3.90. The van der Waals surface area contributed by atoms with Crippen LogP contribution in [0.2, 0.25) is 0 Å². The van der Waals surface area contributed by atoms with Gasteiger partial charge < -0.3 is 4.48 Å². The molecule has 0 bridgehead atoms. The molecule has 0 radical (unpaired) electrons. The van der Waals surface area contributed by atoms with Gasteiger partial charge in [0, 0.05) is 0 Å². The van der Waals surface area contributed by atoms with Crippen LogP contribution < -0.4 is 0 Å². The van der Waals surface area contributed by atoms with Gasteiger partial charge in [-0.25, -0.2) is 0 Å². The Morgan fingerprint density at radius 2 is 1.50 bits per heavy atom. The highest BCUT2D eigenvalue weighted by molar-refractivity contribution is 4.79. The smallest absolute Gasteiger partial charge is 0.0977 e. The molecule has 1 saturated heterocycles. The summed E-state index contributed by atoms with van der Waals surface area (Å²) in [4.78, 5) is 0. The van der Waals surface area contributed by atoms with E-state index in [1.54, 1.807) is 0 Å². The molecule has 0 amide bonds. The first-order valence-electron chi connectivity index (χ1n) is 5.75. The van der Waals surface area contributed by atoms with E-state index in [-0.39, 0.29) is 0 Å². The standard InChI is InChI=1S/C13H24N/c1-5-10-14(11-6-2)12(3)8-7-9-13(14)4/h5-6,12-13H,1-2,7-11H2,3-4H3/q+1/t12-,13-/m1/s1. The lowest BCUT2D eigenvalue weighted by molar-refractivity contribution is -0.965. The third-order valence-corrected chi connectivity index (χ3v) is 3.94. The molecule has 2 atom stereocenters. The molecule has 14 heavy (non-hydrogen) atoms. The van der Waals surface area contributed by atoms with Crippen LogP contribution in [-0.4, -0.2) is 29.7 Å². The quantitative estimate of drug-likeness (QED) is 0.476. The maximum Gasteiger partial charge on any atom is 0.0977 e. The molecule has 0 aliphatic carbocycles. The molecule has 80 valence electrons. The summed E-state index contributed by atoms with van der Waals surface area (Å²) in [7, 11) is 0. The molecular formula is C13H24N+. The van der Waals surface area contributed by atoms with E-state index in [1.807, 2.05) is 0 Å².